The first-order valence-corrected chi connectivity index (χ1v) is 12.4. The molecule has 4 aromatic rings. The Labute approximate surface area is 225 Å². The second kappa shape index (κ2) is 13.8. The standard InChI is InChI=1S/C24H19F3N6O2.2C2H6/c1-13-11-32(12-29-13)21-5-4-16(9-22(21)35-3)30-20-8-17(10-28)31-33(24(20)34)14(2)15-6-18(25)23(27)19(26)7-15;2*1-2/h4-9,11-12,14,30H,1-3H3;2*1-2H3/t14-;;/m0../s1. The molecule has 0 saturated heterocycles. The van der Waals surface area contributed by atoms with Crippen molar-refractivity contribution < 1.29 is 17.9 Å². The second-order valence-corrected chi connectivity index (χ2v) is 7.71. The van der Waals surface area contributed by atoms with Crippen molar-refractivity contribution in [2.24, 2.45) is 0 Å². The second-order valence-electron chi connectivity index (χ2n) is 7.71. The maximum Gasteiger partial charge on any atom is 0.291 e. The summed E-state index contributed by atoms with van der Waals surface area (Å²) < 4.78 is 49.1. The topological polar surface area (TPSA) is 97.8 Å². The van der Waals surface area contributed by atoms with Gasteiger partial charge in [0.2, 0.25) is 0 Å². The summed E-state index contributed by atoms with van der Waals surface area (Å²) in [6.07, 6.45) is 3.47. The van der Waals surface area contributed by atoms with E-state index in [0.29, 0.717) is 11.4 Å². The Kier molecular flexibility index (Phi) is 10.8. The summed E-state index contributed by atoms with van der Waals surface area (Å²) in [5, 5.41) is 16.3. The molecule has 1 N–H and O–H groups in total. The summed E-state index contributed by atoms with van der Waals surface area (Å²) in [7, 11) is 1.50. The number of halogens is 3. The molecule has 0 saturated carbocycles. The van der Waals surface area contributed by atoms with Gasteiger partial charge in [-0.25, -0.2) is 22.8 Å². The van der Waals surface area contributed by atoms with Crippen LogP contribution in [-0.4, -0.2) is 26.4 Å². The zero-order valence-corrected chi connectivity index (χ0v) is 22.9. The molecule has 0 amide bonds. The lowest BCUT2D eigenvalue weighted by molar-refractivity contribution is 0.413. The summed E-state index contributed by atoms with van der Waals surface area (Å²) >= 11 is 0. The van der Waals surface area contributed by atoms with Crippen LogP contribution in [-0.2, 0) is 0 Å². The minimum Gasteiger partial charge on any atom is -0.494 e. The third kappa shape index (κ3) is 6.84. The lowest BCUT2D eigenvalue weighted by Gasteiger charge is -2.17. The summed E-state index contributed by atoms with van der Waals surface area (Å²) in [5.74, 6) is -3.91. The van der Waals surface area contributed by atoms with Crippen LogP contribution in [0.5, 0.6) is 5.75 Å². The maximum atomic E-state index is 13.8. The predicted molar refractivity (Wildman–Crippen MR) is 144 cm³/mol. The molecule has 0 spiro atoms. The van der Waals surface area contributed by atoms with E-state index in [1.165, 1.54) is 20.1 Å². The molecule has 2 aromatic carbocycles. The van der Waals surface area contributed by atoms with Crippen LogP contribution in [0.3, 0.4) is 0 Å². The van der Waals surface area contributed by atoms with Crippen LogP contribution >= 0.6 is 0 Å². The summed E-state index contributed by atoms with van der Waals surface area (Å²) in [6.45, 7) is 11.3. The van der Waals surface area contributed by atoms with Gasteiger partial charge in [0.05, 0.1) is 30.9 Å². The average molecular weight is 541 g/mol. The van der Waals surface area contributed by atoms with Gasteiger partial charge >= 0.3 is 0 Å². The molecule has 39 heavy (non-hydrogen) atoms. The Bertz CT molecular complexity index is 1500. The number of nitriles is 1. The summed E-state index contributed by atoms with van der Waals surface area (Å²) in [5.41, 5.74) is 1.23. The molecule has 8 nitrogen and oxygen atoms in total. The molecule has 1 atom stereocenters. The highest BCUT2D eigenvalue weighted by Gasteiger charge is 2.20. The van der Waals surface area contributed by atoms with Gasteiger partial charge in [-0.1, -0.05) is 27.7 Å². The Morgan fingerprint density at radius 3 is 2.23 bits per heavy atom. The molecule has 0 bridgehead atoms. The van der Waals surface area contributed by atoms with E-state index < -0.39 is 29.1 Å². The van der Waals surface area contributed by atoms with Crippen molar-refractivity contribution in [3.63, 3.8) is 0 Å². The first-order valence-electron chi connectivity index (χ1n) is 12.4. The highest BCUT2D eigenvalue weighted by molar-refractivity contribution is 5.65. The van der Waals surface area contributed by atoms with Gasteiger partial charge in [-0.2, -0.15) is 10.4 Å². The monoisotopic (exact) mass is 540 g/mol. The fraction of sp³-hybridized carbons (Fsp3) is 0.286. The highest BCUT2D eigenvalue weighted by Crippen LogP contribution is 2.28. The fourth-order valence-electron chi connectivity index (χ4n) is 3.55. The van der Waals surface area contributed by atoms with Gasteiger partial charge in [-0.05, 0) is 43.7 Å². The van der Waals surface area contributed by atoms with Crippen LogP contribution < -0.4 is 15.6 Å². The van der Waals surface area contributed by atoms with Crippen LogP contribution in [0.25, 0.3) is 5.69 Å². The van der Waals surface area contributed by atoms with Crippen LogP contribution in [0, 0.1) is 35.7 Å². The number of aromatic nitrogens is 4. The zero-order valence-electron chi connectivity index (χ0n) is 22.9. The average Bonchev–Trinajstić information content (AvgIpc) is 3.40. The van der Waals surface area contributed by atoms with Gasteiger partial charge in [-0.15, -0.1) is 0 Å². The van der Waals surface area contributed by atoms with Crippen LogP contribution in [0.4, 0.5) is 24.5 Å². The van der Waals surface area contributed by atoms with Gasteiger partial charge < -0.3 is 14.6 Å². The summed E-state index contributed by atoms with van der Waals surface area (Å²) in [6, 6.07) is 8.82. The Morgan fingerprint density at radius 1 is 1.05 bits per heavy atom. The molecule has 4 rings (SSSR count). The van der Waals surface area contributed by atoms with Crippen LogP contribution in [0.1, 0.15) is 57.6 Å². The van der Waals surface area contributed by atoms with E-state index in [1.54, 1.807) is 29.1 Å². The molecule has 0 aliphatic rings. The number of nitrogens with zero attached hydrogens (tertiary/aromatic N) is 5. The molecule has 11 heteroatoms. The van der Waals surface area contributed by atoms with E-state index in [4.69, 9.17) is 4.74 Å². The number of aryl methyl sites for hydroxylation is 1. The smallest absolute Gasteiger partial charge is 0.291 e. The number of methoxy groups -OCH3 is 1. The third-order valence-electron chi connectivity index (χ3n) is 5.35. The van der Waals surface area contributed by atoms with Crippen LogP contribution in [0.15, 0.2) is 53.7 Å². The van der Waals surface area contributed by atoms with Crippen molar-refractivity contribution in [3.8, 4) is 17.5 Å². The quantitative estimate of drug-likeness (QED) is 0.283. The molecule has 0 aliphatic heterocycles. The number of ether oxygens (including phenoxy) is 1. The number of hydrogen-bond acceptors (Lipinski definition) is 6. The van der Waals surface area contributed by atoms with Crippen molar-refractivity contribution in [2.45, 2.75) is 47.6 Å². The minimum atomic E-state index is -1.61. The minimum absolute atomic E-state index is 0.000246. The van der Waals surface area contributed by atoms with E-state index in [1.807, 2.05) is 46.9 Å². The Balaban J connectivity index is 0.00000127. The van der Waals surface area contributed by atoms with Crippen LogP contribution in [0.2, 0.25) is 0 Å². The number of anilines is 2. The Morgan fingerprint density at radius 2 is 1.69 bits per heavy atom. The van der Waals surface area contributed by atoms with Gasteiger partial charge in [0, 0.05) is 24.0 Å². The fourth-order valence-corrected chi connectivity index (χ4v) is 3.55. The normalized spacial score (nSPS) is 10.8. The van der Waals surface area contributed by atoms with Crippen molar-refractivity contribution in [2.75, 3.05) is 12.4 Å². The van der Waals surface area contributed by atoms with Crippen molar-refractivity contribution >= 4 is 11.4 Å². The number of hydrogen-bond donors (Lipinski definition) is 1. The molecule has 2 heterocycles. The molecular formula is C28H31F3N6O2. The highest BCUT2D eigenvalue weighted by atomic mass is 19.2. The van der Waals surface area contributed by atoms with Gasteiger partial charge in [0.25, 0.3) is 5.56 Å². The van der Waals surface area contributed by atoms with E-state index in [0.717, 1.165) is 28.2 Å². The molecule has 0 radical (unpaired) electrons. The SMILES string of the molecule is CC.CC.COc1cc(Nc2cc(C#N)nn([C@@H](C)c3cc(F)c(F)c(F)c3)c2=O)ccc1-n1cnc(C)c1. The lowest BCUT2D eigenvalue weighted by Crippen LogP contribution is -2.29. The van der Waals surface area contributed by atoms with E-state index in [-0.39, 0.29) is 16.9 Å². The largest absolute Gasteiger partial charge is 0.494 e. The van der Waals surface area contributed by atoms with Gasteiger partial charge in [0.1, 0.15) is 17.5 Å². The number of imidazole rings is 1. The molecule has 0 aliphatic carbocycles. The Hall–Kier alpha value is -4.59. The zero-order chi connectivity index (χ0) is 29.3. The molecule has 0 fully saturated rings. The molecular weight excluding hydrogens is 509 g/mol. The molecule has 0 unspecified atom stereocenters. The van der Waals surface area contributed by atoms with Crippen molar-refractivity contribution in [1.82, 2.24) is 19.3 Å². The van der Waals surface area contributed by atoms with E-state index in [2.05, 4.69) is 15.4 Å². The van der Waals surface area contributed by atoms with Gasteiger partial charge in [-0.3, -0.25) is 4.79 Å². The van der Waals surface area contributed by atoms with E-state index in [9.17, 15) is 23.2 Å². The third-order valence-corrected chi connectivity index (χ3v) is 5.35. The number of nitrogens with one attached hydrogen (secondary N) is 1. The van der Waals surface area contributed by atoms with E-state index >= 15 is 0 Å². The first kappa shape index (κ1) is 30.6. The first-order chi connectivity index (χ1) is 18.7. The number of benzene rings is 2. The summed E-state index contributed by atoms with van der Waals surface area (Å²) in [4.78, 5) is 17.4. The predicted octanol–water partition coefficient (Wildman–Crippen LogP) is 6.44. The maximum absolute atomic E-state index is 13.8. The molecule has 2 aromatic heterocycles. The number of rotatable bonds is 6. The van der Waals surface area contributed by atoms with Crippen molar-refractivity contribution in [1.29, 1.82) is 5.26 Å². The molecule has 206 valence electrons. The van der Waals surface area contributed by atoms with Gasteiger partial charge in [0.15, 0.2) is 23.1 Å². The lowest BCUT2D eigenvalue weighted by atomic mass is 10.1. The van der Waals surface area contributed by atoms with Crippen molar-refractivity contribution in [3.05, 3.63) is 93.7 Å².